The summed E-state index contributed by atoms with van der Waals surface area (Å²) in [6.07, 6.45) is 4.40. The van der Waals surface area contributed by atoms with Gasteiger partial charge in [-0.05, 0) is 31.0 Å². The molecule has 16 heavy (non-hydrogen) atoms. The Morgan fingerprint density at radius 3 is 2.12 bits per heavy atom. The van der Waals surface area contributed by atoms with Crippen LogP contribution in [-0.4, -0.2) is 12.5 Å². The van der Waals surface area contributed by atoms with Crippen molar-refractivity contribution in [1.82, 2.24) is 0 Å². The standard InChI is InChI=1S/C12H15Cl3O/c13-5-3-1-2-4-6-16-12-8-10(14)7-11(15)9-12/h7-9H,1-6H2. The molecule has 0 N–H and O–H groups in total. The van der Waals surface area contributed by atoms with E-state index in [0.717, 1.165) is 37.3 Å². The summed E-state index contributed by atoms with van der Waals surface area (Å²) in [5, 5.41) is 1.20. The minimum Gasteiger partial charge on any atom is -0.493 e. The summed E-state index contributed by atoms with van der Waals surface area (Å²) >= 11 is 17.3. The zero-order chi connectivity index (χ0) is 11.8. The summed E-state index contributed by atoms with van der Waals surface area (Å²) in [4.78, 5) is 0. The molecule has 1 aromatic rings. The van der Waals surface area contributed by atoms with E-state index in [0.29, 0.717) is 16.7 Å². The van der Waals surface area contributed by atoms with Crippen LogP contribution in [-0.2, 0) is 0 Å². The molecule has 1 nitrogen and oxygen atoms in total. The molecule has 0 aliphatic carbocycles. The lowest BCUT2D eigenvalue weighted by Gasteiger charge is -2.06. The maximum atomic E-state index is 5.85. The quantitative estimate of drug-likeness (QED) is 0.495. The van der Waals surface area contributed by atoms with Gasteiger partial charge in [0.1, 0.15) is 5.75 Å². The average Bonchev–Trinajstić information content (AvgIpc) is 2.22. The molecule has 0 amide bonds. The summed E-state index contributed by atoms with van der Waals surface area (Å²) < 4.78 is 5.55. The number of hydrogen-bond acceptors (Lipinski definition) is 1. The van der Waals surface area contributed by atoms with Crippen molar-refractivity contribution >= 4 is 34.8 Å². The Morgan fingerprint density at radius 2 is 1.50 bits per heavy atom. The molecule has 0 saturated carbocycles. The molecule has 0 spiro atoms. The van der Waals surface area contributed by atoms with Gasteiger partial charge in [0.2, 0.25) is 0 Å². The molecule has 0 radical (unpaired) electrons. The topological polar surface area (TPSA) is 9.23 Å². The third-order valence-corrected chi connectivity index (χ3v) is 2.84. The Balaban J connectivity index is 2.21. The average molecular weight is 282 g/mol. The third-order valence-electron chi connectivity index (χ3n) is 2.13. The number of alkyl halides is 1. The van der Waals surface area contributed by atoms with Crippen molar-refractivity contribution in [3.8, 4) is 5.75 Å². The van der Waals surface area contributed by atoms with Crippen molar-refractivity contribution in [3.63, 3.8) is 0 Å². The maximum Gasteiger partial charge on any atom is 0.122 e. The molecular weight excluding hydrogens is 266 g/mol. The van der Waals surface area contributed by atoms with Gasteiger partial charge in [0.05, 0.1) is 6.61 Å². The highest BCUT2D eigenvalue weighted by atomic mass is 35.5. The van der Waals surface area contributed by atoms with E-state index in [-0.39, 0.29) is 0 Å². The lowest BCUT2D eigenvalue weighted by atomic mass is 10.2. The first-order chi connectivity index (χ1) is 7.72. The third kappa shape index (κ3) is 5.83. The fraction of sp³-hybridized carbons (Fsp3) is 0.500. The summed E-state index contributed by atoms with van der Waals surface area (Å²) in [5.74, 6) is 1.47. The van der Waals surface area contributed by atoms with Gasteiger partial charge in [-0.2, -0.15) is 0 Å². The number of rotatable bonds is 7. The van der Waals surface area contributed by atoms with Crippen LogP contribution < -0.4 is 4.74 Å². The Morgan fingerprint density at radius 1 is 0.875 bits per heavy atom. The lowest BCUT2D eigenvalue weighted by Crippen LogP contribution is -1.97. The van der Waals surface area contributed by atoms with Gasteiger partial charge in [-0.1, -0.05) is 36.0 Å². The van der Waals surface area contributed by atoms with Gasteiger partial charge >= 0.3 is 0 Å². The molecular formula is C12H15Cl3O. The molecule has 0 atom stereocenters. The summed E-state index contributed by atoms with van der Waals surface area (Å²) in [6.45, 7) is 0.693. The van der Waals surface area contributed by atoms with Gasteiger partial charge in [-0.25, -0.2) is 0 Å². The molecule has 4 heteroatoms. The molecule has 0 aromatic heterocycles. The SMILES string of the molecule is ClCCCCCCOc1cc(Cl)cc(Cl)c1. The van der Waals surface area contributed by atoms with Crippen molar-refractivity contribution < 1.29 is 4.74 Å². The highest BCUT2D eigenvalue weighted by Gasteiger charge is 1.99. The Labute approximate surface area is 112 Å². The van der Waals surface area contributed by atoms with Crippen LogP contribution in [0.15, 0.2) is 18.2 Å². The van der Waals surface area contributed by atoms with Crippen molar-refractivity contribution in [1.29, 1.82) is 0 Å². The van der Waals surface area contributed by atoms with Crippen LogP contribution in [0.25, 0.3) is 0 Å². The normalized spacial score (nSPS) is 10.4. The fourth-order valence-electron chi connectivity index (χ4n) is 1.35. The highest BCUT2D eigenvalue weighted by Crippen LogP contribution is 2.24. The zero-order valence-electron chi connectivity index (χ0n) is 9.02. The predicted octanol–water partition coefficient (Wildman–Crippen LogP) is 5.17. The van der Waals surface area contributed by atoms with Crippen LogP contribution in [0.3, 0.4) is 0 Å². The van der Waals surface area contributed by atoms with Crippen LogP contribution in [0.5, 0.6) is 5.75 Å². The number of ether oxygens (including phenoxy) is 1. The fourth-order valence-corrected chi connectivity index (χ4v) is 2.05. The van der Waals surface area contributed by atoms with Crippen LogP contribution >= 0.6 is 34.8 Å². The molecule has 1 rings (SSSR count). The molecule has 0 aliphatic heterocycles. The Bertz CT molecular complexity index is 295. The van der Waals surface area contributed by atoms with Crippen LogP contribution in [0.1, 0.15) is 25.7 Å². The van der Waals surface area contributed by atoms with E-state index in [4.69, 9.17) is 39.5 Å². The van der Waals surface area contributed by atoms with Gasteiger partial charge in [0.25, 0.3) is 0 Å². The molecule has 1 aromatic carbocycles. The van der Waals surface area contributed by atoms with E-state index in [1.54, 1.807) is 18.2 Å². The van der Waals surface area contributed by atoms with Crippen molar-refractivity contribution in [2.45, 2.75) is 25.7 Å². The molecule has 90 valence electrons. The second kappa shape index (κ2) is 8.05. The summed E-state index contributed by atoms with van der Waals surface area (Å²) in [5.41, 5.74) is 0. The second-order valence-electron chi connectivity index (χ2n) is 3.56. The van der Waals surface area contributed by atoms with Crippen molar-refractivity contribution in [2.75, 3.05) is 12.5 Å². The lowest BCUT2D eigenvalue weighted by molar-refractivity contribution is 0.305. The van der Waals surface area contributed by atoms with E-state index >= 15 is 0 Å². The maximum absolute atomic E-state index is 5.85. The van der Waals surface area contributed by atoms with Gasteiger partial charge < -0.3 is 4.74 Å². The van der Waals surface area contributed by atoms with Gasteiger partial charge in [-0.3, -0.25) is 0 Å². The van der Waals surface area contributed by atoms with Gasteiger partial charge in [-0.15, -0.1) is 11.6 Å². The largest absolute Gasteiger partial charge is 0.493 e. The number of unbranched alkanes of at least 4 members (excludes halogenated alkanes) is 3. The van der Waals surface area contributed by atoms with Crippen molar-refractivity contribution in [2.24, 2.45) is 0 Å². The van der Waals surface area contributed by atoms with Crippen molar-refractivity contribution in [3.05, 3.63) is 28.2 Å². The van der Waals surface area contributed by atoms with E-state index < -0.39 is 0 Å². The van der Waals surface area contributed by atoms with Crippen LogP contribution in [0.4, 0.5) is 0 Å². The zero-order valence-corrected chi connectivity index (χ0v) is 11.3. The number of halogens is 3. The van der Waals surface area contributed by atoms with Gasteiger partial charge in [0.15, 0.2) is 0 Å². The van der Waals surface area contributed by atoms with Crippen LogP contribution in [0.2, 0.25) is 10.0 Å². The molecule has 0 saturated heterocycles. The monoisotopic (exact) mass is 280 g/mol. The van der Waals surface area contributed by atoms with E-state index in [9.17, 15) is 0 Å². The summed E-state index contributed by atoms with van der Waals surface area (Å²) in [7, 11) is 0. The van der Waals surface area contributed by atoms with E-state index in [1.807, 2.05) is 0 Å². The van der Waals surface area contributed by atoms with Gasteiger partial charge in [0, 0.05) is 15.9 Å². The molecule has 0 aliphatic rings. The highest BCUT2D eigenvalue weighted by molar-refractivity contribution is 6.34. The van der Waals surface area contributed by atoms with Crippen LogP contribution in [0, 0.1) is 0 Å². The second-order valence-corrected chi connectivity index (χ2v) is 4.81. The first-order valence-electron chi connectivity index (χ1n) is 5.37. The predicted molar refractivity (Wildman–Crippen MR) is 71.1 cm³/mol. The molecule has 0 heterocycles. The minimum atomic E-state index is 0.602. The summed E-state index contributed by atoms with van der Waals surface area (Å²) in [6, 6.07) is 5.23. The number of benzene rings is 1. The Kier molecular flexibility index (Phi) is 7.02. The molecule has 0 fully saturated rings. The molecule has 0 unspecified atom stereocenters. The number of hydrogen-bond donors (Lipinski definition) is 0. The smallest absolute Gasteiger partial charge is 0.122 e. The first kappa shape index (κ1) is 14.0. The first-order valence-corrected chi connectivity index (χ1v) is 6.66. The van der Waals surface area contributed by atoms with E-state index in [2.05, 4.69) is 0 Å². The Hall–Kier alpha value is -0.110. The van der Waals surface area contributed by atoms with E-state index in [1.165, 1.54) is 0 Å². The molecule has 0 bridgehead atoms. The minimum absolute atomic E-state index is 0.602.